The van der Waals surface area contributed by atoms with Crippen molar-refractivity contribution in [2.75, 3.05) is 18.1 Å². The Kier molecular flexibility index (Phi) is 5.65. The Balaban J connectivity index is 0.00000180. The van der Waals surface area contributed by atoms with E-state index in [2.05, 4.69) is 5.32 Å². The van der Waals surface area contributed by atoms with Gasteiger partial charge in [-0.15, -0.1) is 12.4 Å². The molecule has 0 bridgehead atoms. The maximum atomic E-state index is 12.3. The molecule has 3 N–H and O–H groups in total. The minimum absolute atomic E-state index is 0. The molecule has 1 aliphatic heterocycles. The van der Waals surface area contributed by atoms with E-state index in [9.17, 15) is 13.2 Å². The van der Waals surface area contributed by atoms with E-state index in [1.165, 1.54) is 0 Å². The maximum Gasteiger partial charge on any atom is 0.227 e. The Hall–Kier alpha value is -0.330. The number of rotatable bonds is 3. The van der Waals surface area contributed by atoms with Crippen molar-refractivity contribution in [3.63, 3.8) is 0 Å². The molecule has 2 aliphatic rings. The average Bonchev–Trinajstić information content (AvgIpc) is 2.77. The van der Waals surface area contributed by atoms with Crippen molar-refractivity contribution in [1.82, 2.24) is 5.32 Å². The van der Waals surface area contributed by atoms with Crippen LogP contribution in [-0.2, 0) is 14.6 Å². The van der Waals surface area contributed by atoms with E-state index in [1.54, 1.807) is 0 Å². The second-order valence-corrected chi connectivity index (χ2v) is 7.85. The highest BCUT2D eigenvalue weighted by atomic mass is 35.5. The van der Waals surface area contributed by atoms with Crippen LogP contribution >= 0.6 is 12.4 Å². The SMILES string of the molecule is Cl.NCC1(C(=O)NC2CCCS(=O)(=O)C2)CCCC1. The van der Waals surface area contributed by atoms with Gasteiger partial charge in [0.25, 0.3) is 0 Å². The average molecular weight is 311 g/mol. The molecule has 1 amide bonds. The largest absolute Gasteiger partial charge is 0.352 e. The van der Waals surface area contributed by atoms with Crippen LogP contribution in [0.25, 0.3) is 0 Å². The van der Waals surface area contributed by atoms with Gasteiger partial charge in [-0.3, -0.25) is 4.79 Å². The summed E-state index contributed by atoms with van der Waals surface area (Å²) in [6, 6.07) is -0.222. The van der Waals surface area contributed by atoms with E-state index in [-0.39, 0.29) is 35.9 Å². The summed E-state index contributed by atoms with van der Waals surface area (Å²) >= 11 is 0. The van der Waals surface area contributed by atoms with Crippen LogP contribution in [-0.4, -0.2) is 38.4 Å². The Morgan fingerprint density at radius 2 is 1.89 bits per heavy atom. The fraction of sp³-hybridized carbons (Fsp3) is 0.917. The Morgan fingerprint density at radius 3 is 2.42 bits per heavy atom. The van der Waals surface area contributed by atoms with Crippen LogP contribution in [0, 0.1) is 5.41 Å². The Labute approximate surface area is 121 Å². The first kappa shape index (κ1) is 16.7. The zero-order chi connectivity index (χ0) is 13.2. The number of carbonyl (C=O) groups is 1. The van der Waals surface area contributed by atoms with Gasteiger partial charge < -0.3 is 11.1 Å². The molecule has 0 aromatic heterocycles. The van der Waals surface area contributed by atoms with Gasteiger partial charge in [-0.25, -0.2) is 8.42 Å². The monoisotopic (exact) mass is 310 g/mol. The van der Waals surface area contributed by atoms with Gasteiger partial charge in [-0.2, -0.15) is 0 Å². The lowest BCUT2D eigenvalue weighted by Crippen LogP contribution is -2.51. The number of sulfone groups is 1. The number of hydrogen-bond acceptors (Lipinski definition) is 4. The molecule has 1 unspecified atom stereocenters. The highest BCUT2D eigenvalue weighted by Gasteiger charge is 2.41. The van der Waals surface area contributed by atoms with Crippen LogP contribution in [0.15, 0.2) is 0 Å². The normalized spacial score (nSPS) is 28.4. The van der Waals surface area contributed by atoms with Crippen molar-refractivity contribution in [3.8, 4) is 0 Å². The summed E-state index contributed by atoms with van der Waals surface area (Å²) in [6.07, 6.45) is 5.12. The molecule has 1 saturated carbocycles. The third kappa shape index (κ3) is 3.83. The third-order valence-electron chi connectivity index (χ3n) is 4.23. The number of carbonyl (C=O) groups excluding carboxylic acids is 1. The lowest BCUT2D eigenvalue weighted by molar-refractivity contribution is -0.131. The predicted octanol–water partition coefficient (Wildman–Crippen LogP) is 0.621. The highest BCUT2D eigenvalue weighted by molar-refractivity contribution is 7.91. The highest BCUT2D eigenvalue weighted by Crippen LogP contribution is 2.37. The van der Waals surface area contributed by atoms with Crippen molar-refractivity contribution in [1.29, 1.82) is 0 Å². The standard InChI is InChI=1S/C12H22N2O3S.ClH/c13-9-12(5-1-2-6-12)11(15)14-10-4-3-7-18(16,17)8-10;/h10H,1-9,13H2,(H,14,15);1H. The van der Waals surface area contributed by atoms with E-state index < -0.39 is 15.3 Å². The van der Waals surface area contributed by atoms with Crippen LogP contribution in [0.3, 0.4) is 0 Å². The fourth-order valence-electron chi connectivity index (χ4n) is 3.05. The topological polar surface area (TPSA) is 89.3 Å². The maximum absolute atomic E-state index is 12.3. The molecule has 7 heteroatoms. The zero-order valence-electron chi connectivity index (χ0n) is 11.1. The van der Waals surface area contributed by atoms with Gasteiger partial charge in [-0.05, 0) is 25.7 Å². The molecule has 0 spiro atoms. The van der Waals surface area contributed by atoms with Gasteiger partial charge in [0.15, 0.2) is 9.84 Å². The van der Waals surface area contributed by atoms with Crippen LogP contribution in [0.4, 0.5) is 0 Å². The van der Waals surface area contributed by atoms with E-state index in [0.29, 0.717) is 13.0 Å². The van der Waals surface area contributed by atoms with Crippen molar-refractivity contribution in [2.45, 2.75) is 44.6 Å². The first-order chi connectivity index (χ1) is 8.47. The van der Waals surface area contributed by atoms with Crippen LogP contribution in [0.1, 0.15) is 38.5 Å². The summed E-state index contributed by atoms with van der Waals surface area (Å²) in [5.74, 6) is 0.297. The van der Waals surface area contributed by atoms with E-state index in [1.807, 2.05) is 0 Å². The number of hydrogen-bond donors (Lipinski definition) is 2. The van der Waals surface area contributed by atoms with Gasteiger partial charge >= 0.3 is 0 Å². The van der Waals surface area contributed by atoms with Gasteiger partial charge in [0.05, 0.1) is 16.9 Å². The predicted molar refractivity (Wildman–Crippen MR) is 77.0 cm³/mol. The minimum atomic E-state index is -2.97. The minimum Gasteiger partial charge on any atom is -0.352 e. The quantitative estimate of drug-likeness (QED) is 0.799. The molecule has 19 heavy (non-hydrogen) atoms. The van der Waals surface area contributed by atoms with Crippen molar-refractivity contribution >= 4 is 28.2 Å². The number of nitrogens with one attached hydrogen (secondary N) is 1. The molecule has 0 aromatic carbocycles. The summed E-state index contributed by atoms with van der Waals surface area (Å²) in [5.41, 5.74) is 5.31. The Morgan fingerprint density at radius 1 is 1.26 bits per heavy atom. The molecule has 1 atom stereocenters. The van der Waals surface area contributed by atoms with Gasteiger partial charge in [0.2, 0.25) is 5.91 Å². The fourth-order valence-corrected chi connectivity index (χ4v) is 4.69. The van der Waals surface area contributed by atoms with E-state index >= 15 is 0 Å². The summed E-state index contributed by atoms with van der Waals surface area (Å²) < 4.78 is 23.1. The molecule has 112 valence electrons. The lowest BCUT2D eigenvalue weighted by Gasteiger charge is -2.30. The molecule has 0 aromatic rings. The zero-order valence-corrected chi connectivity index (χ0v) is 12.7. The van der Waals surface area contributed by atoms with Crippen molar-refractivity contribution in [2.24, 2.45) is 11.1 Å². The van der Waals surface area contributed by atoms with Crippen LogP contribution in [0.5, 0.6) is 0 Å². The van der Waals surface area contributed by atoms with Gasteiger partial charge in [-0.1, -0.05) is 12.8 Å². The molecule has 1 aliphatic carbocycles. The molecule has 1 heterocycles. The van der Waals surface area contributed by atoms with Gasteiger partial charge in [0, 0.05) is 12.6 Å². The summed E-state index contributed by atoms with van der Waals surface area (Å²) in [6.45, 7) is 0.359. The molecule has 1 saturated heterocycles. The number of amides is 1. The first-order valence-corrected chi connectivity index (χ1v) is 8.51. The second-order valence-electron chi connectivity index (χ2n) is 5.62. The molecule has 5 nitrogen and oxygen atoms in total. The molecular formula is C12H23ClN2O3S. The molecule has 0 radical (unpaired) electrons. The summed E-state index contributed by atoms with van der Waals surface area (Å²) in [4.78, 5) is 12.3. The molecule has 2 fully saturated rings. The van der Waals surface area contributed by atoms with Crippen molar-refractivity contribution < 1.29 is 13.2 Å². The second kappa shape index (κ2) is 6.41. The van der Waals surface area contributed by atoms with E-state index in [0.717, 1.165) is 32.1 Å². The van der Waals surface area contributed by atoms with Gasteiger partial charge in [0.1, 0.15) is 0 Å². The first-order valence-electron chi connectivity index (χ1n) is 6.69. The Bertz CT molecular complexity index is 419. The molecular weight excluding hydrogens is 288 g/mol. The number of halogens is 1. The van der Waals surface area contributed by atoms with E-state index in [4.69, 9.17) is 5.73 Å². The smallest absolute Gasteiger partial charge is 0.227 e. The number of nitrogens with two attached hydrogens (primary N) is 1. The summed E-state index contributed by atoms with van der Waals surface area (Å²) in [7, 11) is -2.97. The van der Waals surface area contributed by atoms with Crippen LogP contribution in [0.2, 0.25) is 0 Å². The summed E-state index contributed by atoms with van der Waals surface area (Å²) in [5, 5.41) is 2.91. The van der Waals surface area contributed by atoms with Crippen LogP contribution < -0.4 is 11.1 Å². The lowest BCUT2D eigenvalue weighted by atomic mass is 9.85. The third-order valence-corrected chi connectivity index (χ3v) is 6.05. The molecule has 2 rings (SSSR count). The van der Waals surface area contributed by atoms with Crippen molar-refractivity contribution in [3.05, 3.63) is 0 Å².